The molecule has 0 bridgehead atoms. The van der Waals surface area contributed by atoms with Gasteiger partial charge in [0.05, 0.1) is 16.8 Å². The number of ether oxygens (including phenoxy) is 1. The molecule has 2 aromatic carbocycles. The Morgan fingerprint density at radius 2 is 1.93 bits per heavy atom. The molecule has 0 atom stereocenters. The van der Waals surface area contributed by atoms with Gasteiger partial charge in [0.1, 0.15) is 23.9 Å². The molecular formula is C22H23FN2O3S. The minimum atomic E-state index is -0.239. The third-order valence-corrected chi connectivity index (χ3v) is 5.47. The molecule has 3 rings (SSSR count). The van der Waals surface area contributed by atoms with Crippen molar-refractivity contribution in [1.82, 2.24) is 10.5 Å². The summed E-state index contributed by atoms with van der Waals surface area (Å²) in [6.45, 7) is 4.53. The van der Waals surface area contributed by atoms with Gasteiger partial charge in [-0.3, -0.25) is 4.79 Å². The number of hydrogen-bond acceptors (Lipinski definition) is 5. The predicted octanol–water partition coefficient (Wildman–Crippen LogP) is 4.92. The number of aryl methyl sites for hydroxylation is 2. The van der Waals surface area contributed by atoms with Crippen LogP contribution in [-0.2, 0) is 6.61 Å². The van der Waals surface area contributed by atoms with E-state index in [9.17, 15) is 9.18 Å². The van der Waals surface area contributed by atoms with Crippen molar-refractivity contribution in [2.75, 3.05) is 12.3 Å². The highest BCUT2D eigenvalue weighted by Gasteiger charge is 2.14. The fourth-order valence-corrected chi connectivity index (χ4v) is 3.58. The number of rotatable bonds is 9. The van der Waals surface area contributed by atoms with Gasteiger partial charge < -0.3 is 14.6 Å². The number of para-hydroxylation sites is 1. The second-order valence-corrected chi connectivity index (χ2v) is 7.67. The molecule has 0 aliphatic heterocycles. The van der Waals surface area contributed by atoms with Gasteiger partial charge in [-0.1, -0.05) is 17.3 Å². The van der Waals surface area contributed by atoms with Crippen LogP contribution in [0.15, 0.2) is 57.9 Å². The van der Waals surface area contributed by atoms with Gasteiger partial charge in [0, 0.05) is 11.4 Å². The fourth-order valence-electron chi connectivity index (χ4n) is 2.73. The lowest BCUT2D eigenvalue weighted by Crippen LogP contribution is -2.25. The molecule has 1 heterocycles. The maximum Gasteiger partial charge on any atom is 0.255 e. The topological polar surface area (TPSA) is 64.4 Å². The fraction of sp³-hybridized carbons (Fsp3) is 0.273. The molecule has 0 unspecified atom stereocenters. The number of halogens is 1. The van der Waals surface area contributed by atoms with E-state index in [2.05, 4.69) is 10.5 Å². The van der Waals surface area contributed by atoms with Gasteiger partial charge in [-0.15, -0.1) is 11.8 Å². The Morgan fingerprint density at radius 3 is 2.66 bits per heavy atom. The lowest BCUT2D eigenvalue weighted by Gasteiger charge is -2.11. The normalized spacial score (nSPS) is 10.7. The number of carbonyl (C=O) groups is 1. The third-order valence-electron chi connectivity index (χ3n) is 4.37. The van der Waals surface area contributed by atoms with Gasteiger partial charge >= 0.3 is 0 Å². The molecule has 5 nitrogen and oxygen atoms in total. The molecule has 1 N–H and O–H groups in total. The van der Waals surface area contributed by atoms with Gasteiger partial charge in [0.2, 0.25) is 0 Å². The van der Waals surface area contributed by atoms with Crippen LogP contribution in [0.4, 0.5) is 4.39 Å². The minimum absolute atomic E-state index is 0.175. The molecule has 1 amide bonds. The summed E-state index contributed by atoms with van der Waals surface area (Å²) in [5.41, 5.74) is 2.16. The maximum absolute atomic E-state index is 12.9. The molecule has 1 aromatic heterocycles. The van der Waals surface area contributed by atoms with Gasteiger partial charge in [-0.2, -0.15) is 0 Å². The second kappa shape index (κ2) is 10.1. The molecule has 0 radical (unpaired) electrons. The van der Waals surface area contributed by atoms with Crippen LogP contribution in [0.1, 0.15) is 33.8 Å². The highest BCUT2D eigenvalue weighted by molar-refractivity contribution is 7.99. The summed E-state index contributed by atoms with van der Waals surface area (Å²) in [6, 6.07) is 13.6. The third kappa shape index (κ3) is 5.84. The standard InChI is InChI=1S/C22H23FN2O3S/c1-15-20(16(2)28-25-15)14-27-21-7-4-3-6-19(21)22(26)24-12-5-13-29-18-10-8-17(23)9-11-18/h3-4,6-11H,5,12-14H2,1-2H3,(H,24,26). The lowest BCUT2D eigenvalue weighted by atomic mass is 10.2. The molecule has 0 aliphatic rings. The van der Waals surface area contributed by atoms with E-state index in [4.69, 9.17) is 9.26 Å². The van der Waals surface area contributed by atoms with Crippen LogP contribution in [-0.4, -0.2) is 23.4 Å². The van der Waals surface area contributed by atoms with E-state index >= 15 is 0 Å². The minimum Gasteiger partial charge on any atom is -0.488 e. The Hall–Kier alpha value is -2.80. The van der Waals surface area contributed by atoms with Crippen molar-refractivity contribution in [2.45, 2.75) is 31.8 Å². The number of nitrogens with one attached hydrogen (secondary N) is 1. The Balaban J connectivity index is 1.48. The molecule has 29 heavy (non-hydrogen) atoms. The zero-order valence-corrected chi connectivity index (χ0v) is 17.2. The van der Waals surface area contributed by atoms with Crippen molar-refractivity contribution in [3.63, 3.8) is 0 Å². The van der Waals surface area contributed by atoms with Crippen LogP contribution in [0, 0.1) is 19.7 Å². The first-order valence-corrected chi connectivity index (χ1v) is 10.3. The van der Waals surface area contributed by atoms with Crippen LogP contribution in [0.2, 0.25) is 0 Å². The van der Waals surface area contributed by atoms with E-state index in [0.29, 0.717) is 30.2 Å². The van der Waals surface area contributed by atoms with E-state index < -0.39 is 0 Å². The smallest absolute Gasteiger partial charge is 0.255 e. The highest BCUT2D eigenvalue weighted by atomic mass is 32.2. The summed E-state index contributed by atoms with van der Waals surface area (Å²) >= 11 is 1.63. The Morgan fingerprint density at radius 1 is 1.17 bits per heavy atom. The lowest BCUT2D eigenvalue weighted by molar-refractivity contribution is 0.0949. The van der Waals surface area contributed by atoms with Gasteiger partial charge in [0.25, 0.3) is 5.91 Å². The molecule has 0 saturated heterocycles. The van der Waals surface area contributed by atoms with E-state index in [1.54, 1.807) is 36.0 Å². The number of hydrogen-bond donors (Lipinski definition) is 1. The summed E-state index contributed by atoms with van der Waals surface area (Å²) in [4.78, 5) is 13.6. The first-order chi connectivity index (χ1) is 14.0. The van der Waals surface area contributed by atoms with Crippen LogP contribution in [0.3, 0.4) is 0 Å². The molecule has 0 saturated carbocycles. The Kier molecular flexibility index (Phi) is 7.30. The van der Waals surface area contributed by atoms with E-state index in [0.717, 1.165) is 28.3 Å². The van der Waals surface area contributed by atoms with Crippen molar-refractivity contribution in [3.8, 4) is 5.75 Å². The molecule has 0 fully saturated rings. The summed E-state index contributed by atoms with van der Waals surface area (Å²) in [5, 5.41) is 6.84. The first-order valence-electron chi connectivity index (χ1n) is 9.34. The average Bonchev–Trinajstić information content (AvgIpc) is 3.05. The van der Waals surface area contributed by atoms with Crippen molar-refractivity contribution < 1.29 is 18.4 Å². The largest absolute Gasteiger partial charge is 0.488 e. The zero-order valence-electron chi connectivity index (χ0n) is 16.4. The maximum atomic E-state index is 12.9. The highest BCUT2D eigenvalue weighted by Crippen LogP contribution is 2.22. The van der Waals surface area contributed by atoms with Crippen LogP contribution < -0.4 is 10.1 Å². The van der Waals surface area contributed by atoms with Crippen LogP contribution in [0.5, 0.6) is 5.75 Å². The summed E-state index contributed by atoms with van der Waals surface area (Å²) in [5.74, 6) is 1.65. The summed E-state index contributed by atoms with van der Waals surface area (Å²) in [6.07, 6.45) is 0.801. The molecule has 3 aromatic rings. The molecule has 0 spiro atoms. The Bertz CT molecular complexity index is 937. The number of nitrogens with zero attached hydrogens (tertiary/aromatic N) is 1. The van der Waals surface area contributed by atoms with E-state index in [1.165, 1.54) is 12.1 Å². The van der Waals surface area contributed by atoms with Crippen molar-refractivity contribution in [2.24, 2.45) is 0 Å². The van der Waals surface area contributed by atoms with Crippen molar-refractivity contribution in [3.05, 3.63) is 76.9 Å². The van der Waals surface area contributed by atoms with Crippen molar-refractivity contribution in [1.29, 1.82) is 0 Å². The van der Waals surface area contributed by atoms with Crippen molar-refractivity contribution >= 4 is 17.7 Å². The zero-order chi connectivity index (χ0) is 20.6. The van der Waals surface area contributed by atoms with Crippen LogP contribution >= 0.6 is 11.8 Å². The quantitative estimate of drug-likeness (QED) is 0.398. The van der Waals surface area contributed by atoms with Gasteiger partial charge in [-0.05, 0) is 62.4 Å². The second-order valence-electron chi connectivity index (χ2n) is 6.50. The predicted molar refractivity (Wildman–Crippen MR) is 111 cm³/mol. The number of benzene rings is 2. The molecular weight excluding hydrogens is 391 g/mol. The van der Waals surface area contributed by atoms with Gasteiger partial charge in [-0.25, -0.2) is 4.39 Å². The van der Waals surface area contributed by atoms with Crippen LogP contribution in [0.25, 0.3) is 0 Å². The first kappa shape index (κ1) is 20.9. The molecule has 152 valence electrons. The van der Waals surface area contributed by atoms with Gasteiger partial charge in [0.15, 0.2) is 0 Å². The number of amides is 1. The number of aromatic nitrogens is 1. The summed E-state index contributed by atoms with van der Waals surface area (Å²) in [7, 11) is 0. The summed E-state index contributed by atoms with van der Waals surface area (Å²) < 4.78 is 23.9. The monoisotopic (exact) mass is 414 g/mol. The SMILES string of the molecule is Cc1noc(C)c1COc1ccccc1C(=O)NCCCSc1ccc(F)cc1. The average molecular weight is 415 g/mol. The van der Waals surface area contributed by atoms with E-state index in [1.807, 2.05) is 26.0 Å². The molecule has 7 heteroatoms. The Labute approximate surface area is 173 Å². The van der Waals surface area contributed by atoms with E-state index in [-0.39, 0.29) is 11.7 Å². The number of carbonyl (C=O) groups excluding carboxylic acids is 1. The number of thioether (sulfide) groups is 1. The molecule has 0 aliphatic carbocycles.